The van der Waals surface area contributed by atoms with Gasteiger partial charge in [-0.05, 0) is 35.6 Å². The van der Waals surface area contributed by atoms with Crippen molar-refractivity contribution in [3.8, 4) is 0 Å². The van der Waals surface area contributed by atoms with Crippen LogP contribution in [-0.4, -0.2) is 43.0 Å². The molecule has 2 aliphatic rings. The fourth-order valence-electron chi connectivity index (χ4n) is 4.16. The number of aryl methyl sites for hydroxylation is 1. The number of rotatable bonds is 3. The molecule has 0 aliphatic carbocycles. The highest BCUT2D eigenvalue weighted by Crippen LogP contribution is 2.28. The lowest BCUT2D eigenvalue weighted by atomic mass is 9.93. The summed E-state index contributed by atoms with van der Waals surface area (Å²) in [4.78, 5) is 29.4. The number of methoxy groups -OCH3 is 1. The highest BCUT2D eigenvalue weighted by Gasteiger charge is 2.36. The van der Waals surface area contributed by atoms with Gasteiger partial charge in [-0.1, -0.05) is 42.5 Å². The lowest BCUT2D eigenvalue weighted by Gasteiger charge is -2.38. The first-order valence-corrected chi connectivity index (χ1v) is 9.44. The van der Waals surface area contributed by atoms with Crippen molar-refractivity contribution < 1.29 is 14.3 Å². The molecule has 0 aromatic heterocycles. The van der Waals surface area contributed by atoms with Gasteiger partial charge in [0.25, 0.3) is 0 Å². The van der Waals surface area contributed by atoms with Gasteiger partial charge in [-0.25, -0.2) is 4.79 Å². The Balaban J connectivity index is 1.57. The van der Waals surface area contributed by atoms with E-state index in [0.717, 1.165) is 36.2 Å². The van der Waals surface area contributed by atoms with E-state index in [0.29, 0.717) is 13.0 Å². The number of esters is 1. The van der Waals surface area contributed by atoms with Gasteiger partial charge in [0.1, 0.15) is 6.04 Å². The molecule has 4 rings (SSSR count). The standard InChI is InChI=1S/C22H24N2O3/c1-27-22(26)20-13-17-8-2-3-9-18(17)14-24(20)21(25)15-23-12-6-10-16-7-4-5-11-19(16)23/h2-5,7-9,11,20H,6,10,12-15H2,1H3. The number of carbonyl (C=O) groups excluding carboxylic acids is 2. The first-order chi connectivity index (χ1) is 13.2. The third-order valence-electron chi connectivity index (χ3n) is 5.57. The summed E-state index contributed by atoms with van der Waals surface area (Å²) >= 11 is 0. The molecule has 1 atom stereocenters. The SMILES string of the molecule is COC(=O)C1Cc2ccccc2CN1C(=O)CN1CCCc2ccccc21. The Bertz CT molecular complexity index is 864. The molecule has 140 valence electrons. The quantitative estimate of drug-likeness (QED) is 0.786. The maximum Gasteiger partial charge on any atom is 0.328 e. The second-order valence-corrected chi connectivity index (χ2v) is 7.19. The third kappa shape index (κ3) is 3.42. The Labute approximate surface area is 159 Å². The highest BCUT2D eigenvalue weighted by atomic mass is 16.5. The topological polar surface area (TPSA) is 49.9 Å². The maximum atomic E-state index is 13.2. The lowest BCUT2D eigenvalue weighted by molar-refractivity contribution is -0.153. The van der Waals surface area contributed by atoms with Gasteiger partial charge < -0.3 is 14.5 Å². The van der Waals surface area contributed by atoms with Crippen molar-refractivity contribution in [2.45, 2.75) is 31.8 Å². The molecule has 0 radical (unpaired) electrons. The Kier molecular flexibility index (Phi) is 4.84. The van der Waals surface area contributed by atoms with Crippen LogP contribution in [0.2, 0.25) is 0 Å². The molecule has 27 heavy (non-hydrogen) atoms. The second kappa shape index (κ2) is 7.43. The minimum atomic E-state index is -0.558. The largest absolute Gasteiger partial charge is 0.467 e. The molecular weight excluding hydrogens is 340 g/mol. The zero-order valence-electron chi connectivity index (χ0n) is 15.6. The van der Waals surface area contributed by atoms with E-state index in [-0.39, 0.29) is 18.4 Å². The molecule has 5 nitrogen and oxygen atoms in total. The highest BCUT2D eigenvalue weighted by molar-refractivity contribution is 5.88. The summed E-state index contributed by atoms with van der Waals surface area (Å²) in [6.45, 7) is 1.59. The van der Waals surface area contributed by atoms with Gasteiger partial charge in [-0.3, -0.25) is 4.79 Å². The summed E-state index contributed by atoms with van der Waals surface area (Å²) in [7, 11) is 1.38. The first kappa shape index (κ1) is 17.6. The summed E-state index contributed by atoms with van der Waals surface area (Å²) < 4.78 is 4.98. The number of fused-ring (bicyclic) bond motifs is 2. The van der Waals surface area contributed by atoms with Gasteiger partial charge in [0.05, 0.1) is 13.7 Å². The minimum absolute atomic E-state index is 0.0309. The van der Waals surface area contributed by atoms with Crippen LogP contribution in [0.3, 0.4) is 0 Å². The van der Waals surface area contributed by atoms with Crippen LogP contribution >= 0.6 is 0 Å². The summed E-state index contributed by atoms with van der Waals surface area (Å²) in [5.74, 6) is -0.381. The molecule has 2 aliphatic heterocycles. The average Bonchev–Trinajstić information content (AvgIpc) is 2.72. The minimum Gasteiger partial charge on any atom is -0.467 e. The Morgan fingerprint density at radius 3 is 2.52 bits per heavy atom. The van der Waals surface area contributed by atoms with E-state index in [1.807, 2.05) is 36.4 Å². The molecule has 0 fully saturated rings. The van der Waals surface area contributed by atoms with Gasteiger partial charge in [0, 0.05) is 25.2 Å². The normalized spacial score (nSPS) is 18.5. The number of hydrogen-bond donors (Lipinski definition) is 0. The molecule has 2 heterocycles. The molecule has 1 amide bonds. The molecular formula is C22H24N2O3. The predicted molar refractivity (Wildman–Crippen MR) is 103 cm³/mol. The zero-order chi connectivity index (χ0) is 18.8. The van der Waals surface area contributed by atoms with Crippen LogP contribution < -0.4 is 4.90 Å². The number of para-hydroxylation sites is 1. The van der Waals surface area contributed by atoms with Crippen molar-refractivity contribution in [1.82, 2.24) is 4.90 Å². The van der Waals surface area contributed by atoms with Crippen LogP contribution in [0.5, 0.6) is 0 Å². The predicted octanol–water partition coefficient (Wildman–Crippen LogP) is 2.57. The van der Waals surface area contributed by atoms with E-state index < -0.39 is 6.04 Å². The Morgan fingerprint density at radius 2 is 1.74 bits per heavy atom. The molecule has 2 aromatic rings. The maximum absolute atomic E-state index is 13.2. The van der Waals surface area contributed by atoms with Crippen molar-refractivity contribution in [3.63, 3.8) is 0 Å². The number of hydrogen-bond acceptors (Lipinski definition) is 4. The number of ether oxygens (including phenoxy) is 1. The number of anilines is 1. The van der Waals surface area contributed by atoms with Crippen LogP contribution in [0.25, 0.3) is 0 Å². The van der Waals surface area contributed by atoms with Gasteiger partial charge in [0.2, 0.25) is 5.91 Å². The Morgan fingerprint density at radius 1 is 1.04 bits per heavy atom. The molecule has 2 aromatic carbocycles. The molecule has 0 N–H and O–H groups in total. The summed E-state index contributed by atoms with van der Waals surface area (Å²) in [6, 6.07) is 15.7. The number of amides is 1. The fraction of sp³-hybridized carbons (Fsp3) is 0.364. The van der Waals surface area contributed by atoms with Crippen molar-refractivity contribution in [2.24, 2.45) is 0 Å². The van der Waals surface area contributed by atoms with Crippen LogP contribution in [-0.2, 0) is 33.7 Å². The van der Waals surface area contributed by atoms with Crippen LogP contribution in [0.15, 0.2) is 48.5 Å². The van der Waals surface area contributed by atoms with E-state index in [2.05, 4.69) is 17.0 Å². The molecule has 1 unspecified atom stereocenters. The summed E-state index contributed by atoms with van der Waals surface area (Å²) in [6.07, 6.45) is 2.58. The van der Waals surface area contributed by atoms with Crippen molar-refractivity contribution in [2.75, 3.05) is 25.1 Å². The molecule has 0 bridgehead atoms. The summed E-state index contributed by atoms with van der Waals surface area (Å²) in [5.41, 5.74) is 4.62. The van der Waals surface area contributed by atoms with Gasteiger partial charge in [-0.15, -0.1) is 0 Å². The lowest BCUT2D eigenvalue weighted by Crippen LogP contribution is -2.52. The van der Waals surface area contributed by atoms with E-state index in [1.54, 1.807) is 4.90 Å². The number of carbonyl (C=O) groups is 2. The van der Waals surface area contributed by atoms with Gasteiger partial charge >= 0.3 is 5.97 Å². The monoisotopic (exact) mass is 364 g/mol. The summed E-state index contributed by atoms with van der Waals surface area (Å²) in [5, 5.41) is 0. The molecule has 0 saturated heterocycles. The average molecular weight is 364 g/mol. The van der Waals surface area contributed by atoms with E-state index in [4.69, 9.17) is 4.74 Å². The van der Waals surface area contributed by atoms with Crippen LogP contribution in [0, 0.1) is 0 Å². The Hall–Kier alpha value is -2.82. The smallest absolute Gasteiger partial charge is 0.328 e. The molecule has 0 saturated carbocycles. The van der Waals surface area contributed by atoms with Crippen LogP contribution in [0.1, 0.15) is 23.1 Å². The molecule has 0 spiro atoms. The number of nitrogens with zero attached hydrogens (tertiary/aromatic N) is 2. The van der Waals surface area contributed by atoms with Crippen molar-refractivity contribution in [1.29, 1.82) is 0 Å². The van der Waals surface area contributed by atoms with Gasteiger partial charge in [-0.2, -0.15) is 0 Å². The number of benzene rings is 2. The van der Waals surface area contributed by atoms with E-state index >= 15 is 0 Å². The van der Waals surface area contributed by atoms with Crippen LogP contribution in [0.4, 0.5) is 5.69 Å². The fourth-order valence-corrected chi connectivity index (χ4v) is 4.16. The third-order valence-corrected chi connectivity index (χ3v) is 5.57. The van der Waals surface area contributed by atoms with Crippen molar-refractivity contribution in [3.05, 3.63) is 65.2 Å². The van der Waals surface area contributed by atoms with E-state index in [1.165, 1.54) is 12.7 Å². The van der Waals surface area contributed by atoms with Crippen molar-refractivity contribution >= 4 is 17.6 Å². The van der Waals surface area contributed by atoms with Gasteiger partial charge in [0.15, 0.2) is 0 Å². The first-order valence-electron chi connectivity index (χ1n) is 9.44. The van der Waals surface area contributed by atoms with E-state index in [9.17, 15) is 9.59 Å². The molecule has 5 heteroatoms. The zero-order valence-corrected chi connectivity index (χ0v) is 15.6. The second-order valence-electron chi connectivity index (χ2n) is 7.19.